The zero-order valence-electron chi connectivity index (χ0n) is 12.4. The Balaban J connectivity index is 2.58. The largest absolute Gasteiger partial charge is 0.494 e. The van der Waals surface area contributed by atoms with Crippen molar-refractivity contribution in [3.05, 3.63) is 34.3 Å². The van der Waals surface area contributed by atoms with Crippen LogP contribution in [-0.4, -0.2) is 35.7 Å². The molecule has 0 heterocycles. The average Bonchev–Trinajstić information content (AvgIpc) is 2.55. The third-order valence-electron chi connectivity index (χ3n) is 2.37. The van der Waals surface area contributed by atoms with E-state index in [1.807, 2.05) is 12.3 Å². The Morgan fingerprint density at radius 1 is 1.21 bits per heavy atom. The van der Waals surface area contributed by atoms with Gasteiger partial charge in [-0.2, -0.15) is 5.10 Å². The Hall–Kier alpha value is -2.58. The van der Waals surface area contributed by atoms with Gasteiger partial charge in [0.1, 0.15) is 10.8 Å². The fourth-order valence-electron chi connectivity index (χ4n) is 1.35. The van der Waals surface area contributed by atoms with Crippen LogP contribution < -0.4 is 15.5 Å². The second kappa shape index (κ2) is 9.53. The number of aliphatic carboxylic acids is 1. The number of nitrogens with zero attached hydrogens (tertiary/aromatic N) is 1. The van der Waals surface area contributed by atoms with E-state index in [4.69, 9.17) is 33.0 Å². The molecule has 0 spiro atoms. The first-order valence-electron chi connectivity index (χ1n) is 6.51. The number of hydrogen-bond acceptors (Lipinski definition) is 5. The molecule has 0 aliphatic rings. The molecule has 0 aliphatic carbocycles. The van der Waals surface area contributed by atoms with E-state index in [2.05, 4.69) is 10.4 Å². The number of allylic oxidation sites excluding steroid dienone is 1. The number of nitrogens with one attached hydrogen (secondary N) is 2. The first-order valence-corrected chi connectivity index (χ1v) is 7.26. The molecule has 1 aromatic carbocycles. The van der Waals surface area contributed by atoms with Crippen molar-refractivity contribution in [2.24, 2.45) is 5.10 Å². The molecule has 1 rings (SSSR count). The molecule has 0 bridgehead atoms. The summed E-state index contributed by atoms with van der Waals surface area (Å²) in [5, 5.41) is 13.2. The minimum absolute atomic E-state index is 0.384. The van der Waals surface area contributed by atoms with Crippen molar-refractivity contribution < 1.29 is 24.2 Å². The van der Waals surface area contributed by atoms with E-state index in [0.29, 0.717) is 18.0 Å². The number of carbonyl (C=O) groups excluding carboxylic acids is 2. The predicted octanol–water partition coefficient (Wildman–Crippen LogP) is 1.90. The highest BCUT2D eigenvalue weighted by Crippen LogP contribution is 2.15. The molecule has 0 saturated carbocycles. The fraction of sp³-hybridized carbons (Fsp3) is 0.143. The topological polar surface area (TPSA) is 117 Å². The maximum Gasteiger partial charge on any atom is 0.348 e. The summed E-state index contributed by atoms with van der Waals surface area (Å²) >= 11 is 10.9. The van der Waals surface area contributed by atoms with Crippen LogP contribution in [0.1, 0.15) is 6.92 Å². The van der Waals surface area contributed by atoms with Gasteiger partial charge >= 0.3 is 17.8 Å². The maximum atomic E-state index is 11.6. The van der Waals surface area contributed by atoms with Crippen LogP contribution in [0, 0.1) is 0 Å². The zero-order valence-corrected chi connectivity index (χ0v) is 13.9. The number of amides is 2. The number of hydrogen-bond donors (Lipinski definition) is 3. The van der Waals surface area contributed by atoms with Crippen LogP contribution in [-0.2, 0) is 14.4 Å². The van der Waals surface area contributed by atoms with Gasteiger partial charge in [-0.15, -0.1) is 0 Å². The Labute approximate surface area is 147 Å². The van der Waals surface area contributed by atoms with Gasteiger partial charge in [-0.1, -0.05) is 23.2 Å². The highest BCUT2D eigenvalue weighted by Gasteiger charge is 2.13. The molecule has 0 radical (unpaired) electrons. The van der Waals surface area contributed by atoms with E-state index >= 15 is 0 Å². The average molecular weight is 374 g/mol. The molecule has 8 nitrogen and oxygen atoms in total. The molecule has 0 fully saturated rings. The highest BCUT2D eigenvalue weighted by atomic mass is 35.5. The minimum atomic E-state index is -1.45. The monoisotopic (exact) mass is 373 g/mol. The Morgan fingerprint density at radius 3 is 2.38 bits per heavy atom. The number of benzene rings is 1. The lowest BCUT2D eigenvalue weighted by molar-refractivity contribution is -0.136. The van der Waals surface area contributed by atoms with Crippen LogP contribution in [0.5, 0.6) is 5.75 Å². The molecular formula is C14H13Cl2N3O5. The number of rotatable bonds is 6. The number of carbonyl (C=O) groups is 3. The number of hydrazone groups is 1. The molecule has 24 heavy (non-hydrogen) atoms. The van der Waals surface area contributed by atoms with E-state index in [9.17, 15) is 14.4 Å². The van der Waals surface area contributed by atoms with Crippen LogP contribution >= 0.6 is 23.2 Å². The normalized spacial score (nSPS) is 11.6. The lowest BCUT2D eigenvalue weighted by Gasteiger charge is -2.06. The first kappa shape index (κ1) is 19.5. The lowest BCUT2D eigenvalue weighted by Crippen LogP contribution is -2.32. The van der Waals surface area contributed by atoms with Gasteiger partial charge in [-0.3, -0.25) is 9.59 Å². The summed E-state index contributed by atoms with van der Waals surface area (Å²) in [5.41, 5.74) is 2.27. The van der Waals surface area contributed by atoms with Crippen molar-refractivity contribution in [2.75, 3.05) is 11.9 Å². The van der Waals surface area contributed by atoms with Crippen molar-refractivity contribution in [1.82, 2.24) is 5.43 Å². The molecule has 0 unspecified atom stereocenters. The predicted molar refractivity (Wildman–Crippen MR) is 89.2 cm³/mol. The third-order valence-corrected chi connectivity index (χ3v) is 3.12. The Morgan fingerprint density at radius 2 is 1.83 bits per heavy atom. The molecule has 0 saturated heterocycles. The van der Waals surface area contributed by atoms with Crippen molar-refractivity contribution in [1.29, 1.82) is 0 Å². The van der Waals surface area contributed by atoms with Gasteiger partial charge in [0.2, 0.25) is 0 Å². The van der Waals surface area contributed by atoms with Crippen molar-refractivity contribution in [3.63, 3.8) is 0 Å². The molecule has 0 atom stereocenters. The molecule has 128 valence electrons. The van der Waals surface area contributed by atoms with Crippen molar-refractivity contribution >= 4 is 52.9 Å². The summed E-state index contributed by atoms with van der Waals surface area (Å²) in [6.45, 7) is 2.35. The van der Waals surface area contributed by atoms with Gasteiger partial charge in [0.15, 0.2) is 0 Å². The van der Waals surface area contributed by atoms with Gasteiger partial charge < -0.3 is 15.2 Å². The number of halogens is 2. The van der Waals surface area contributed by atoms with E-state index in [-0.39, 0.29) is 0 Å². The molecule has 1 aromatic rings. The Kier molecular flexibility index (Phi) is 7.73. The van der Waals surface area contributed by atoms with E-state index in [1.165, 1.54) is 0 Å². The van der Waals surface area contributed by atoms with Crippen LogP contribution in [0.3, 0.4) is 0 Å². The molecule has 0 aliphatic heterocycles. The highest BCUT2D eigenvalue weighted by molar-refractivity contribution is 6.51. The van der Waals surface area contributed by atoms with Crippen LogP contribution in [0.25, 0.3) is 0 Å². The van der Waals surface area contributed by atoms with Gasteiger partial charge in [0.05, 0.1) is 17.9 Å². The summed E-state index contributed by atoms with van der Waals surface area (Å²) in [7, 11) is 0. The molecule has 0 aromatic heterocycles. The van der Waals surface area contributed by atoms with Crippen LogP contribution in [0.4, 0.5) is 5.69 Å². The maximum absolute atomic E-state index is 11.6. The quantitative estimate of drug-likeness (QED) is 0.304. The second-order valence-electron chi connectivity index (χ2n) is 4.08. The zero-order chi connectivity index (χ0) is 18.1. The number of anilines is 1. The fourth-order valence-corrected chi connectivity index (χ4v) is 1.52. The minimum Gasteiger partial charge on any atom is -0.494 e. The van der Waals surface area contributed by atoms with Crippen LogP contribution in [0.15, 0.2) is 39.4 Å². The van der Waals surface area contributed by atoms with Gasteiger partial charge in [-0.25, -0.2) is 10.2 Å². The van der Waals surface area contributed by atoms with E-state index in [1.54, 1.807) is 24.3 Å². The summed E-state index contributed by atoms with van der Waals surface area (Å²) in [6.07, 6.45) is 0.792. The van der Waals surface area contributed by atoms with E-state index in [0.717, 1.165) is 6.21 Å². The third kappa shape index (κ3) is 6.27. The summed E-state index contributed by atoms with van der Waals surface area (Å²) in [4.78, 5) is 33.7. The molecule has 3 N–H and O–H groups in total. The summed E-state index contributed by atoms with van der Waals surface area (Å²) in [5.74, 6) is -2.87. The van der Waals surface area contributed by atoms with E-state index < -0.39 is 27.8 Å². The summed E-state index contributed by atoms with van der Waals surface area (Å²) in [6, 6.07) is 6.39. The standard InChI is InChI=1S/C14H13Cl2N3O5/c1-2-24-9-5-3-8(4-6-9)18-12(20)13(21)19-17-7-10(15)11(16)14(22)23/h3-7H,2H2,1H3,(H,18,20)(H,19,21)(H,22,23)/b11-10+,17-7-. The number of ether oxygens (including phenoxy) is 1. The molecule has 10 heteroatoms. The first-order chi connectivity index (χ1) is 11.3. The number of carboxylic acid groups (broad SMARTS) is 1. The van der Waals surface area contributed by atoms with Gasteiger partial charge in [0.25, 0.3) is 0 Å². The Bertz CT molecular complexity index is 686. The summed E-state index contributed by atoms with van der Waals surface area (Å²) < 4.78 is 5.24. The SMILES string of the molecule is CCOc1ccc(NC(=O)C(=O)N/N=C\C(Cl)=C(/Cl)C(=O)O)cc1. The van der Waals surface area contributed by atoms with Gasteiger partial charge in [0, 0.05) is 5.69 Å². The van der Waals surface area contributed by atoms with Crippen molar-refractivity contribution in [3.8, 4) is 5.75 Å². The number of carboxylic acids is 1. The van der Waals surface area contributed by atoms with Crippen molar-refractivity contribution in [2.45, 2.75) is 6.92 Å². The smallest absolute Gasteiger partial charge is 0.348 e. The lowest BCUT2D eigenvalue weighted by atomic mass is 10.3. The second-order valence-corrected chi connectivity index (χ2v) is 4.86. The molecule has 2 amide bonds. The van der Waals surface area contributed by atoms with Crippen LogP contribution in [0.2, 0.25) is 0 Å². The van der Waals surface area contributed by atoms with Gasteiger partial charge in [-0.05, 0) is 31.2 Å². The molecular weight excluding hydrogens is 361 g/mol.